The Kier molecular flexibility index (Phi) is 6.15. The Bertz CT molecular complexity index is 1490. The van der Waals surface area contributed by atoms with E-state index >= 15 is 0 Å². The summed E-state index contributed by atoms with van der Waals surface area (Å²) in [5, 5.41) is 32.3. The molecule has 4 aromatic heterocycles. The summed E-state index contributed by atoms with van der Waals surface area (Å²) >= 11 is 1.64. The molecule has 7 heterocycles. The van der Waals surface area contributed by atoms with Crippen LogP contribution >= 0.6 is 11.3 Å². The molecule has 0 aliphatic carbocycles. The zero-order valence-corrected chi connectivity index (χ0v) is 21.8. The molecular formula is C27H29N9OS. The van der Waals surface area contributed by atoms with Gasteiger partial charge in [-0.1, -0.05) is 17.8 Å². The van der Waals surface area contributed by atoms with Crippen LogP contribution < -0.4 is 15.5 Å². The maximum Gasteiger partial charge on any atom is 0.208 e. The smallest absolute Gasteiger partial charge is 0.208 e. The van der Waals surface area contributed by atoms with Gasteiger partial charge in [0.05, 0.1) is 34.2 Å². The van der Waals surface area contributed by atoms with Gasteiger partial charge in [0.1, 0.15) is 6.07 Å². The lowest BCUT2D eigenvalue weighted by atomic mass is 9.94. The Balaban J connectivity index is 1.23. The molecule has 0 amide bonds. The van der Waals surface area contributed by atoms with Gasteiger partial charge in [-0.2, -0.15) is 10.4 Å². The van der Waals surface area contributed by atoms with E-state index in [9.17, 15) is 5.26 Å². The largest absolute Gasteiger partial charge is 0.381 e. The van der Waals surface area contributed by atoms with Crippen LogP contribution in [0, 0.1) is 11.3 Å². The van der Waals surface area contributed by atoms with Crippen LogP contribution in [-0.4, -0.2) is 69.2 Å². The maximum absolute atomic E-state index is 9.23. The SMILES string of the molecule is N#Cc1cnn2c(-c3cc(NC4CCOCC4)c(-c4nnc(N5CC6CCCC(C5)N6)s4)cn3)ccc2c1. The van der Waals surface area contributed by atoms with E-state index in [0.29, 0.717) is 23.7 Å². The second kappa shape index (κ2) is 9.94. The highest BCUT2D eigenvalue weighted by molar-refractivity contribution is 7.18. The summed E-state index contributed by atoms with van der Waals surface area (Å²) in [6.07, 6.45) is 9.15. The molecular weight excluding hydrogens is 498 g/mol. The first kappa shape index (κ1) is 23.5. The number of hydrogen-bond donors (Lipinski definition) is 2. The lowest BCUT2D eigenvalue weighted by molar-refractivity contribution is 0.0904. The molecule has 0 saturated carbocycles. The van der Waals surface area contributed by atoms with Gasteiger partial charge in [-0.25, -0.2) is 4.52 Å². The summed E-state index contributed by atoms with van der Waals surface area (Å²) in [5.74, 6) is 0. The molecule has 4 aromatic rings. The Morgan fingerprint density at radius 2 is 1.89 bits per heavy atom. The van der Waals surface area contributed by atoms with Crippen molar-refractivity contribution >= 4 is 27.7 Å². The summed E-state index contributed by atoms with van der Waals surface area (Å²) in [4.78, 5) is 7.23. The molecule has 2 N–H and O–H groups in total. The third-order valence-corrected chi connectivity index (χ3v) is 8.77. The highest BCUT2D eigenvalue weighted by Gasteiger charge is 2.31. The van der Waals surface area contributed by atoms with E-state index in [1.54, 1.807) is 17.5 Å². The Morgan fingerprint density at radius 3 is 2.71 bits per heavy atom. The quantitative estimate of drug-likeness (QED) is 0.401. The van der Waals surface area contributed by atoms with Gasteiger partial charge >= 0.3 is 0 Å². The minimum absolute atomic E-state index is 0.318. The van der Waals surface area contributed by atoms with Crippen molar-refractivity contribution in [2.24, 2.45) is 0 Å². The fourth-order valence-electron chi connectivity index (χ4n) is 5.81. The standard InChI is InChI=1S/C27H29N9OS/c28-12-17-10-21-4-5-25(36(21)30-13-17)24-11-23(32-18-6-8-37-9-7-18)22(14-29-24)26-33-34-27(38-26)35-15-19-2-1-3-20(16-35)31-19/h4-5,10-11,13-14,18-20,31H,1-3,6-9,15-16H2,(H,29,32). The summed E-state index contributed by atoms with van der Waals surface area (Å²) in [7, 11) is 0. The normalized spacial score (nSPS) is 21.9. The van der Waals surface area contributed by atoms with Gasteiger partial charge < -0.3 is 20.3 Å². The van der Waals surface area contributed by atoms with Crippen molar-refractivity contribution in [1.29, 1.82) is 5.26 Å². The predicted molar refractivity (Wildman–Crippen MR) is 146 cm³/mol. The number of piperazine rings is 1. The summed E-state index contributed by atoms with van der Waals surface area (Å²) in [6, 6.07) is 11.4. The fourth-order valence-corrected chi connectivity index (χ4v) is 6.70. The fraction of sp³-hybridized carbons (Fsp3) is 0.444. The van der Waals surface area contributed by atoms with E-state index in [2.05, 4.69) is 43.0 Å². The lowest BCUT2D eigenvalue weighted by Gasteiger charge is -2.42. The molecule has 2 unspecified atom stereocenters. The van der Waals surface area contributed by atoms with Crippen molar-refractivity contribution in [1.82, 2.24) is 30.1 Å². The van der Waals surface area contributed by atoms with E-state index in [1.807, 2.05) is 28.9 Å². The number of nitrogens with zero attached hydrogens (tertiary/aromatic N) is 7. The average molecular weight is 528 g/mol. The summed E-state index contributed by atoms with van der Waals surface area (Å²) in [5.41, 5.74) is 5.02. The molecule has 3 fully saturated rings. The second-order valence-corrected chi connectivity index (χ2v) is 11.3. The monoisotopic (exact) mass is 527 g/mol. The van der Waals surface area contributed by atoms with Gasteiger partial charge in [-0.05, 0) is 49.9 Å². The van der Waals surface area contributed by atoms with Crippen molar-refractivity contribution in [3.05, 3.63) is 42.2 Å². The van der Waals surface area contributed by atoms with Gasteiger partial charge in [-0.15, -0.1) is 10.2 Å². The number of nitrogens with one attached hydrogen (secondary N) is 2. The molecule has 0 spiro atoms. The molecule has 7 rings (SSSR count). The van der Waals surface area contributed by atoms with Gasteiger partial charge in [0, 0.05) is 56.3 Å². The number of ether oxygens (including phenoxy) is 1. The molecule has 10 nitrogen and oxygen atoms in total. The molecule has 2 atom stereocenters. The number of hydrogen-bond acceptors (Lipinski definition) is 10. The Labute approximate surface area is 224 Å². The van der Waals surface area contributed by atoms with E-state index in [4.69, 9.17) is 9.72 Å². The van der Waals surface area contributed by atoms with Crippen LogP contribution in [0.1, 0.15) is 37.7 Å². The Hall–Kier alpha value is -3.59. The molecule has 38 heavy (non-hydrogen) atoms. The van der Waals surface area contributed by atoms with Crippen molar-refractivity contribution in [3.8, 4) is 28.0 Å². The number of pyridine rings is 1. The van der Waals surface area contributed by atoms with E-state index in [0.717, 1.165) is 77.4 Å². The first-order chi connectivity index (χ1) is 18.7. The molecule has 194 valence electrons. The number of aromatic nitrogens is 5. The molecule has 11 heteroatoms. The lowest BCUT2D eigenvalue weighted by Crippen LogP contribution is -2.58. The van der Waals surface area contributed by atoms with Crippen LogP contribution in [0.2, 0.25) is 0 Å². The van der Waals surface area contributed by atoms with Gasteiger partial charge in [0.2, 0.25) is 5.13 Å². The van der Waals surface area contributed by atoms with Gasteiger partial charge in [0.15, 0.2) is 5.01 Å². The minimum Gasteiger partial charge on any atom is -0.381 e. The van der Waals surface area contributed by atoms with Crippen LogP contribution in [0.25, 0.3) is 27.5 Å². The van der Waals surface area contributed by atoms with Crippen molar-refractivity contribution in [2.75, 3.05) is 36.5 Å². The van der Waals surface area contributed by atoms with Crippen LogP contribution in [0.4, 0.5) is 10.8 Å². The Morgan fingerprint density at radius 1 is 1.05 bits per heavy atom. The second-order valence-electron chi connectivity index (χ2n) is 10.3. The predicted octanol–water partition coefficient (Wildman–Crippen LogP) is 3.71. The number of piperidine rings is 1. The molecule has 0 radical (unpaired) electrons. The molecule has 2 bridgehead atoms. The van der Waals surface area contributed by atoms with Crippen molar-refractivity contribution in [3.63, 3.8) is 0 Å². The van der Waals surface area contributed by atoms with E-state index in [-0.39, 0.29) is 0 Å². The van der Waals surface area contributed by atoms with Gasteiger partial charge in [-0.3, -0.25) is 4.98 Å². The highest BCUT2D eigenvalue weighted by atomic mass is 32.1. The number of fused-ring (bicyclic) bond motifs is 3. The first-order valence-corrected chi connectivity index (χ1v) is 14.1. The maximum atomic E-state index is 9.23. The summed E-state index contributed by atoms with van der Waals surface area (Å²) in [6.45, 7) is 3.48. The van der Waals surface area contributed by atoms with Crippen LogP contribution in [-0.2, 0) is 4.74 Å². The average Bonchev–Trinajstić information content (AvgIpc) is 3.61. The first-order valence-electron chi connectivity index (χ1n) is 13.3. The number of rotatable bonds is 5. The molecule has 3 aliphatic rings. The number of nitriles is 1. The molecule has 0 aromatic carbocycles. The van der Waals surface area contributed by atoms with E-state index in [1.165, 1.54) is 19.3 Å². The zero-order valence-electron chi connectivity index (χ0n) is 21.0. The molecule has 3 saturated heterocycles. The highest BCUT2D eigenvalue weighted by Crippen LogP contribution is 2.37. The van der Waals surface area contributed by atoms with Crippen molar-refractivity contribution < 1.29 is 4.74 Å². The van der Waals surface area contributed by atoms with Crippen LogP contribution in [0.5, 0.6) is 0 Å². The third-order valence-electron chi connectivity index (χ3n) is 7.75. The van der Waals surface area contributed by atoms with Crippen LogP contribution in [0.15, 0.2) is 36.7 Å². The van der Waals surface area contributed by atoms with Crippen molar-refractivity contribution in [2.45, 2.75) is 50.2 Å². The third kappa shape index (κ3) is 4.49. The van der Waals surface area contributed by atoms with Gasteiger partial charge in [0.25, 0.3) is 0 Å². The summed E-state index contributed by atoms with van der Waals surface area (Å²) < 4.78 is 7.41. The number of anilines is 2. The minimum atomic E-state index is 0.318. The van der Waals surface area contributed by atoms with Crippen LogP contribution in [0.3, 0.4) is 0 Å². The molecule has 3 aliphatic heterocycles. The topological polar surface area (TPSA) is 116 Å². The zero-order chi connectivity index (χ0) is 25.5. The van der Waals surface area contributed by atoms with E-state index < -0.39 is 0 Å².